The molecule has 0 bridgehead atoms. The molecule has 1 atom stereocenters. The molecule has 1 fully saturated rings. The first-order valence-corrected chi connectivity index (χ1v) is 7.29. The van der Waals surface area contributed by atoms with E-state index in [-0.39, 0.29) is 12.5 Å². The third-order valence-electron chi connectivity index (χ3n) is 3.94. The van der Waals surface area contributed by atoms with Gasteiger partial charge in [-0.05, 0) is 35.7 Å². The molecule has 1 aliphatic rings. The van der Waals surface area contributed by atoms with Crippen LogP contribution in [-0.4, -0.2) is 41.1 Å². The number of hydrogen-bond acceptors (Lipinski definition) is 3. The predicted octanol–water partition coefficient (Wildman–Crippen LogP) is 2.29. The number of carboxylic acid groups (broad SMARTS) is 1. The predicted molar refractivity (Wildman–Crippen MR) is 81.8 cm³/mol. The number of rotatable bonds is 4. The van der Waals surface area contributed by atoms with Gasteiger partial charge in [0.2, 0.25) is 0 Å². The molecule has 5 heteroatoms. The standard InChI is InChI=1S/C17H17NO4/c19-16(18-9-3-6-15(18)17(20)21)11-22-14-8-7-12-4-1-2-5-13(12)10-14/h1-2,4-5,7-8,10,15H,3,6,9,11H2,(H,20,21). The lowest BCUT2D eigenvalue weighted by Crippen LogP contribution is -2.42. The summed E-state index contributed by atoms with van der Waals surface area (Å²) in [7, 11) is 0. The Morgan fingerprint density at radius 1 is 1.18 bits per heavy atom. The highest BCUT2D eigenvalue weighted by molar-refractivity contribution is 5.86. The summed E-state index contributed by atoms with van der Waals surface area (Å²) in [6.07, 6.45) is 1.23. The van der Waals surface area contributed by atoms with E-state index >= 15 is 0 Å². The van der Waals surface area contributed by atoms with Crippen LogP contribution in [0, 0.1) is 0 Å². The first-order chi connectivity index (χ1) is 10.6. The Morgan fingerprint density at radius 2 is 1.95 bits per heavy atom. The normalized spacial score (nSPS) is 17.6. The van der Waals surface area contributed by atoms with Gasteiger partial charge in [0, 0.05) is 6.54 Å². The van der Waals surface area contributed by atoms with E-state index in [0.717, 1.165) is 17.2 Å². The molecule has 114 valence electrons. The first kappa shape index (κ1) is 14.4. The van der Waals surface area contributed by atoms with Gasteiger partial charge in [-0.15, -0.1) is 0 Å². The Morgan fingerprint density at radius 3 is 2.73 bits per heavy atom. The maximum Gasteiger partial charge on any atom is 0.326 e. The fourth-order valence-corrected chi connectivity index (χ4v) is 2.81. The number of aliphatic carboxylic acids is 1. The van der Waals surface area contributed by atoms with Crippen LogP contribution in [0.3, 0.4) is 0 Å². The van der Waals surface area contributed by atoms with E-state index in [2.05, 4.69) is 0 Å². The van der Waals surface area contributed by atoms with Crippen LogP contribution in [0.2, 0.25) is 0 Å². The lowest BCUT2D eigenvalue weighted by molar-refractivity contribution is -0.148. The smallest absolute Gasteiger partial charge is 0.326 e. The molecule has 0 spiro atoms. The Labute approximate surface area is 128 Å². The maximum absolute atomic E-state index is 12.1. The minimum Gasteiger partial charge on any atom is -0.484 e. The molecule has 1 amide bonds. The molecule has 1 unspecified atom stereocenters. The minimum absolute atomic E-state index is 0.137. The van der Waals surface area contributed by atoms with Gasteiger partial charge in [0.05, 0.1) is 0 Å². The van der Waals surface area contributed by atoms with Crippen LogP contribution in [0.5, 0.6) is 5.75 Å². The molecule has 1 aliphatic heterocycles. The number of benzene rings is 2. The van der Waals surface area contributed by atoms with Gasteiger partial charge in [0.25, 0.3) is 5.91 Å². The number of amides is 1. The van der Waals surface area contributed by atoms with Crippen molar-refractivity contribution in [2.45, 2.75) is 18.9 Å². The van der Waals surface area contributed by atoms with E-state index < -0.39 is 12.0 Å². The first-order valence-electron chi connectivity index (χ1n) is 7.29. The maximum atomic E-state index is 12.1. The van der Waals surface area contributed by atoms with Crippen molar-refractivity contribution in [3.05, 3.63) is 42.5 Å². The molecule has 0 saturated carbocycles. The summed E-state index contributed by atoms with van der Waals surface area (Å²) in [6.45, 7) is 0.346. The van der Waals surface area contributed by atoms with Gasteiger partial charge in [-0.3, -0.25) is 4.79 Å². The van der Waals surface area contributed by atoms with E-state index in [1.807, 2.05) is 42.5 Å². The molecular formula is C17H17NO4. The van der Waals surface area contributed by atoms with Crippen LogP contribution in [0.25, 0.3) is 10.8 Å². The second-order valence-electron chi connectivity index (χ2n) is 5.38. The van der Waals surface area contributed by atoms with Crippen molar-refractivity contribution >= 4 is 22.6 Å². The Balaban J connectivity index is 1.66. The highest BCUT2D eigenvalue weighted by Gasteiger charge is 2.33. The zero-order valence-electron chi connectivity index (χ0n) is 12.1. The molecule has 3 rings (SSSR count). The molecule has 2 aromatic carbocycles. The molecule has 5 nitrogen and oxygen atoms in total. The summed E-state index contributed by atoms with van der Waals surface area (Å²) in [5.41, 5.74) is 0. The molecule has 0 aromatic heterocycles. The van der Waals surface area contributed by atoms with Crippen molar-refractivity contribution in [2.75, 3.05) is 13.2 Å². The second kappa shape index (κ2) is 6.05. The number of hydrogen-bond donors (Lipinski definition) is 1. The van der Waals surface area contributed by atoms with Crippen LogP contribution in [0.15, 0.2) is 42.5 Å². The Kier molecular flexibility index (Phi) is 3.96. The van der Waals surface area contributed by atoms with Crippen molar-refractivity contribution < 1.29 is 19.4 Å². The largest absolute Gasteiger partial charge is 0.484 e. The van der Waals surface area contributed by atoms with Gasteiger partial charge in [0.15, 0.2) is 6.61 Å². The van der Waals surface area contributed by atoms with Crippen molar-refractivity contribution in [1.29, 1.82) is 0 Å². The number of fused-ring (bicyclic) bond motifs is 1. The van der Waals surface area contributed by atoms with Gasteiger partial charge >= 0.3 is 5.97 Å². The van der Waals surface area contributed by atoms with Crippen LogP contribution >= 0.6 is 0 Å². The van der Waals surface area contributed by atoms with Gasteiger partial charge in [-0.2, -0.15) is 0 Å². The SMILES string of the molecule is O=C(O)C1CCCN1C(=O)COc1ccc2ccccc2c1. The quantitative estimate of drug-likeness (QED) is 0.940. The fourth-order valence-electron chi connectivity index (χ4n) is 2.81. The zero-order valence-corrected chi connectivity index (χ0v) is 12.1. The summed E-state index contributed by atoms with van der Waals surface area (Å²) < 4.78 is 5.53. The zero-order chi connectivity index (χ0) is 15.5. The van der Waals surface area contributed by atoms with Gasteiger partial charge in [0.1, 0.15) is 11.8 Å². The Hall–Kier alpha value is -2.56. The Bertz CT molecular complexity index is 713. The third-order valence-corrected chi connectivity index (χ3v) is 3.94. The molecule has 0 radical (unpaired) electrons. The summed E-state index contributed by atoms with van der Waals surface area (Å²) in [6, 6.07) is 12.8. The van der Waals surface area contributed by atoms with E-state index in [4.69, 9.17) is 9.84 Å². The molecule has 1 heterocycles. The van der Waals surface area contributed by atoms with Crippen LogP contribution < -0.4 is 4.74 Å². The molecule has 1 saturated heterocycles. The molecule has 22 heavy (non-hydrogen) atoms. The number of nitrogens with zero attached hydrogens (tertiary/aromatic N) is 1. The number of carbonyl (C=O) groups is 2. The van der Waals surface area contributed by atoms with Gasteiger partial charge in [-0.1, -0.05) is 30.3 Å². The summed E-state index contributed by atoms with van der Waals surface area (Å²) in [5, 5.41) is 11.2. The lowest BCUT2D eigenvalue weighted by atomic mass is 10.1. The van der Waals surface area contributed by atoms with Gasteiger partial charge in [-0.25, -0.2) is 4.79 Å². The molecule has 2 aromatic rings. The van der Waals surface area contributed by atoms with E-state index in [9.17, 15) is 9.59 Å². The van der Waals surface area contributed by atoms with Crippen molar-refractivity contribution in [3.63, 3.8) is 0 Å². The van der Waals surface area contributed by atoms with Crippen molar-refractivity contribution in [1.82, 2.24) is 4.90 Å². The topological polar surface area (TPSA) is 66.8 Å². The number of carboxylic acids is 1. The summed E-state index contributed by atoms with van der Waals surface area (Å²) in [5.74, 6) is -0.618. The average Bonchev–Trinajstić information content (AvgIpc) is 3.02. The lowest BCUT2D eigenvalue weighted by Gasteiger charge is -2.21. The van der Waals surface area contributed by atoms with E-state index in [1.54, 1.807) is 0 Å². The highest BCUT2D eigenvalue weighted by Crippen LogP contribution is 2.21. The van der Waals surface area contributed by atoms with Crippen LogP contribution in [0.4, 0.5) is 0 Å². The minimum atomic E-state index is -0.948. The summed E-state index contributed by atoms with van der Waals surface area (Å²) >= 11 is 0. The number of ether oxygens (including phenoxy) is 1. The second-order valence-corrected chi connectivity index (χ2v) is 5.38. The van der Waals surface area contributed by atoms with Crippen LogP contribution in [-0.2, 0) is 9.59 Å². The fraction of sp³-hybridized carbons (Fsp3) is 0.294. The number of carbonyl (C=O) groups excluding carboxylic acids is 1. The van der Waals surface area contributed by atoms with E-state index in [1.165, 1.54) is 4.90 Å². The average molecular weight is 299 g/mol. The van der Waals surface area contributed by atoms with E-state index in [0.29, 0.717) is 18.7 Å². The molecule has 0 aliphatic carbocycles. The molecular weight excluding hydrogens is 282 g/mol. The third kappa shape index (κ3) is 2.88. The summed E-state index contributed by atoms with van der Waals surface area (Å²) in [4.78, 5) is 24.6. The molecule has 1 N–H and O–H groups in total. The van der Waals surface area contributed by atoms with Gasteiger partial charge < -0.3 is 14.7 Å². The monoisotopic (exact) mass is 299 g/mol. The van der Waals surface area contributed by atoms with Crippen LogP contribution in [0.1, 0.15) is 12.8 Å². The van der Waals surface area contributed by atoms with Crippen molar-refractivity contribution in [3.8, 4) is 5.75 Å². The van der Waals surface area contributed by atoms with Crippen molar-refractivity contribution in [2.24, 2.45) is 0 Å². The number of likely N-dealkylation sites (tertiary alicyclic amines) is 1. The highest BCUT2D eigenvalue weighted by atomic mass is 16.5.